The van der Waals surface area contributed by atoms with E-state index in [1.54, 1.807) is 6.20 Å². The molecule has 1 aliphatic rings. The van der Waals surface area contributed by atoms with Crippen LogP contribution in [-0.2, 0) is 0 Å². The van der Waals surface area contributed by atoms with Crippen molar-refractivity contribution in [3.8, 4) is 0 Å². The highest BCUT2D eigenvalue weighted by Crippen LogP contribution is 2.18. The number of amides is 1. The van der Waals surface area contributed by atoms with Crippen molar-refractivity contribution in [3.63, 3.8) is 0 Å². The first-order valence-corrected chi connectivity index (χ1v) is 6.65. The van der Waals surface area contributed by atoms with Gasteiger partial charge in [0.15, 0.2) is 0 Å². The van der Waals surface area contributed by atoms with Gasteiger partial charge in [0.25, 0.3) is 5.91 Å². The van der Waals surface area contributed by atoms with Crippen LogP contribution in [0.3, 0.4) is 0 Å². The summed E-state index contributed by atoms with van der Waals surface area (Å²) in [5.41, 5.74) is 0.632. The lowest BCUT2D eigenvalue weighted by Crippen LogP contribution is -2.39. The number of aliphatic hydroxyl groups is 1. The van der Waals surface area contributed by atoms with Crippen LogP contribution in [0.1, 0.15) is 23.2 Å². The Bertz CT molecular complexity index is 423. The Morgan fingerprint density at radius 1 is 1.42 bits per heavy atom. The molecular weight excluding hydrogens is 242 g/mol. The maximum atomic E-state index is 12.3. The zero-order valence-corrected chi connectivity index (χ0v) is 11.5. The molecule has 5 nitrogen and oxygen atoms in total. The SMILES string of the molecule is CN(C)c1ccc(C(=O)N2CCC(CO)CC2)cn1. The fraction of sp³-hybridized carbons (Fsp3) is 0.571. The van der Waals surface area contributed by atoms with Crippen LogP contribution >= 0.6 is 0 Å². The molecule has 0 atom stereocenters. The van der Waals surface area contributed by atoms with Crippen molar-refractivity contribution in [1.29, 1.82) is 0 Å². The van der Waals surface area contributed by atoms with Gasteiger partial charge in [0, 0.05) is 40.0 Å². The third-order valence-corrected chi connectivity index (χ3v) is 3.61. The Hall–Kier alpha value is -1.62. The second-order valence-corrected chi connectivity index (χ2v) is 5.22. The largest absolute Gasteiger partial charge is 0.396 e. The molecule has 1 N–H and O–H groups in total. The predicted octanol–water partition coefficient (Wildman–Crippen LogP) is 0.992. The smallest absolute Gasteiger partial charge is 0.255 e. The minimum absolute atomic E-state index is 0.0363. The Labute approximate surface area is 113 Å². The summed E-state index contributed by atoms with van der Waals surface area (Å²) in [5.74, 6) is 1.23. The molecule has 1 aromatic heterocycles. The number of pyridine rings is 1. The Morgan fingerprint density at radius 3 is 2.58 bits per heavy atom. The lowest BCUT2D eigenvalue weighted by Gasteiger charge is -2.31. The van der Waals surface area contributed by atoms with Gasteiger partial charge in [-0.15, -0.1) is 0 Å². The lowest BCUT2D eigenvalue weighted by molar-refractivity contribution is 0.0650. The van der Waals surface area contributed by atoms with E-state index < -0.39 is 0 Å². The average Bonchev–Trinajstić information content (AvgIpc) is 2.46. The molecule has 0 aromatic carbocycles. The molecule has 5 heteroatoms. The summed E-state index contributed by atoms with van der Waals surface area (Å²) >= 11 is 0. The number of carbonyl (C=O) groups excluding carboxylic acids is 1. The van der Waals surface area contributed by atoms with E-state index in [1.807, 2.05) is 36.0 Å². The number of piperidine rings is 1. The summed E-state index contributed by atoms with van der Waals surface area (Å²) in [4.78, 5) is 20.3. The van der Waals surface area contributed by atoms with Crippen LogP contribution in [0.2, 0.25) is 0 Å². The molecule has 2 rings (SSSR count). The molecule has 0 bridgehead atoms. The zero-order chi connectivity index (χ0) is 13.8. The summed E-state index contributed by atoms with van der Waals surface area (Å²) < 4.78 is 0. The van der Waals surface area contributed by atoms with Gasteiger partial charge < -0.3 is 14.9 Å². The minimum Gasteiger partial charge on any atom is -0.396 e. The molecule has 0 saturated carbocycles. The van der Waals surface area contributed by atoms with Crippen molar-refractivity contribution >= 4 is 11.7 Å². The number of hydrogen-bond donors (Lipinski definition) is 1. The second kappa shape index (κ2) is 6.02. The molecule has 104 valence electrons. The number of hydrogen-bond acceptors (Lipinski definition) is 4. The molecule has 19 heavy (non-hydrogen) atoms. The van der Waals surface area contributed by atoms with Crippen LogP contribution < -0.4 is 4.90 Å². The summed E-state index contributed by atoms with van der Waals surface area (Å²) in [6.45, 7) is 1.67. The molecule has 0 aliphatic carbocycles. The lowest BCUT2D eigenvalue weighted by atomic mass is 9.97. The van der Waals surface area contributed by atoms with Crippen LogP contribution in [0.4, 0.5) is 5.82 Å². The third kappa shape index (κ3) is 3.23. The first-order chi connectivity index (χ1) is 9.11. The Balaban J connectivity index is 2.00. The fourth-order valence-corrected chi connectivity index (χ4v) is 2.28. The van der Waals surface area contributed by atoms with E-state index in [4.69, 9.17) is 5.11 Å². The molecule has 1 aromatic rings. The van der Waals surface area contributed by atoms with E-state index in [0.29, 0.717) is 11.5 Å². The fourth-order valence-electron chi connectivity index (χ4n) is 2.28. The summed E-state index contributed by atoms with van der Waals surface area (Å²) in [6, 6.07) is 3.68. The van der Waals surface area contributed by atoms with Crippen LogP contribution in [0.5, 0.6) is 0 Å². The number of aromatic nitrogens is 1. The van der Waals surface area contributed by atoms with Crippen molar-refractivity contribution in [2.24, 2.45) is 5.92 Å². The highest BCUT2D eigenvalue weighted by molar-refractivity contribution is 5.94. The number of likely N-dealkylation sites (tertiary alicyclic amines) is 1. The van der Waals surface area contributed by atoms with E-state index in [0.717, 1.165) is 31.7 Å². The van der Waals surface area contributed by atoms with Gasteiger partial charge in [-0.2, -0.15) is 0 Å². The predicted molar refractivity (Wildman–Crippen MR) is 74.3 cm³/mol. The van der Waals surface area contributed by atoms with Gasteiger partial charge in [-0.25, -0.2) is 4.98 Å². The van der Waals surface area contributed by atoms with E-state index in [1.165, 1.54) is 0 Å². The standard InChI is InChI=1S/C14H21N3O2/c1-16(2)13-4-3-12(9-15-13)14(19)17-7-5-11(10-18)6-8-17/h3-4,9,11,18H,5-8,10H2,1-2H3. The number of carbonyl (C=O) groups is 1. The average molecular weight is 263 g/mol. The molecule has 1 aliphatic heterocycles. The van der Waals surface area contributed by atoms with Crippen LogP contribution in [0.25, 0.3) is 0 Å². The minimum atomic E-state index is 0.0363. The summed E-state index contributed by atoms with van der Waals surface area (Å²) in [7, 11) is 3.84. The maximum absolute atomic E-state index is 12.3. The van der Waals surface area contributed by atoms with Gasteiger partial charge in [0.05, 0.1) is 5.56 Å². The highest BCUT2D eigenvalue weighted by Gasteiger charge is 2.23. The van der Waals surface area contributed by atoms with Crippen LogP contribution in [0, 0.1) is 5.92 Å². The number of nitrogens with zero attached hydrogens (tertiary/aromatic N) is 3. The monoisotopic (exact) mass is 263 g/mol. The van der Waals surface area contributed by atoms with Gasteiger partial charge in [0.2, 0.25) is 0 Å². The third-order valence-electron chi connectivity index (χ3n) is 3.61. The molecule has 1 fully saturated rings. The van der Waals surface area contributed by atoms with Gasteiger partial charge in [0.1, 0.15) is 5.82 Å². The normalized spacial score (nSPS) is 16.5. The van der Waals surface area contributed by atoms with Gasteiger partial charge >= 0.3 is 0 Å². The maximum Gasteiger partial charge on any atom is 0.255 e. The van der Waals surface area contributed by atoms with Crippen molar-refractivity contribution in [2.75, 3.05) is 38.7 Å². The Kier molecular flexibility index (Phi) is 4.37. The quantitative estimate of drug-likeness (QED) is 0.883. The summed E-state index contributed by atoms with van der Waals surface area (Å²) in [5, 5.41) is 9.10. The summed E-state index contributed by atoms with van der Waals surface area (Å²) in [6.07, 6.45) is 3.40. The first kappa shape index (κ1) is 13.8. The van der Waals surface area contributed by atoms with Gasteiger partial charge in [-0.1, -0.05) is 0 Å². The van der Waals surface area contributed by atoms with Crippen molar-refractivity contribution in [3.05, 3.63) is 23.9 Å². The Morgan fingerprint density at radius 2 is 2.11 bits per heavy atom. The van der Waals surface area contributed by atoms with Gasteiger partial charge in [-0.3, -0.25) is 4.79 Å². The van der Waals surface area contributed by atoms with E-state index in [2.05, 4.69) is 4.98 Å². The van der Waals surface area contributed by atoms with E-state index >= 15 is 0 Å². The first-order valence-electron chi connectivity index (χ1n) is 6.65. The van der Waals surface area contributed by atoms with E-state index in [9.17, 15) is 4.79 Å². The topological polar surface area (TPSA) is 56.7 Å². The molecule has 1 saturated heterocycles. The van der Waals surface area contributed by atoms with Crippen LogP contribution in [-0.4, -0.2) is 54.7 Å². The van der Waals surface area contributed by atoms with Gasteiger partial charge in [-0.05, 0) is 30.9 Å². The van der Waals surface area contributed by atoms with Crippen molar-refractivity contribution < 1.29 is 9.90 Å². The molecule has 1 amide bonds. The van der Waals surface area contributed by atoms with Crippen molar-refractivity contribution in [2.45, 2.75) is 12.8 Å². The van der Waals surface area contributed by atoms with E-state index in [-0.39, 0.29) is 12.5 Å². The molecule has 2 heterocycles. The zero-order valence-electron chi connectivity index (χ0n) is 11.5. The number of rotatable bonds is 3. The number of aliphatic hydroxyl groups excluding tert-OH is 1. The molecule has 0 unspecified atom stereocenters. The second-order valence-electron chi connectivity index (χ2n) is 5.22. The number of anilines is 1. The van der Waals surface area contributed by atoms with Crippen molar-refractivity contribution in [1.82, 2.24) is 9.88 Å². The highest BCUT2D eigenvalue weighted by atomic mass is 16.3. The molecule has 0 spiro atoms. The molecule has 0 radical (unpaired) electrons. The molecular formula is C14H21N3O2. The van der Waals surface area contributed by atoms with Crippen LogP contribution in [0.15, 0.2) is 18.3 Å².